The van der Waals surface area contributed by atoms with Gasteiger partial charge in [-0.3, -0.25) is 0 Å². The molecule has 2 heteroatoms. The van der Waals surface area contributed by atoms with Crippen molar-refractivity contribution >= 4 is 32.3 Å². The number of pyridine rings is 1. The van der Waals surface area contributed by atoms with Gasteiger partial charge in [0.15, 0.2) is 0 Å². The van der Waals surface area contributed by atoms with Crippen molar-refractivity contribution in [2.24, 2.45) is 0 Å². The van der Waals surface area contributed by atoms with Crippen molar-refractivity contribution in [2.75, 3.05) is 0 Å². The van der Waals surface area contributed by atoms with E-state index in [-0.39, 0.29) is 0 Å². The monoisotopic (exact) mass is 365 g/mol. The van der Waals surface area contributed by atoms with Gasteiger partial charge in [0.25, 0.3) is 0 Å². The molecule has 0 spiro atoms. The maximum Gasteiger partial charge on any atom is 0.0847 e. The molecule has 3 aromatic carbocycles. The first-order valence-electron chi connectivity index (χ1n) is 9.17. The van der Waals surface area contributed by atoms with E-state index in [1.54, 1.807) is 0 Å². The molecule has 2 aromatic heterocycles. The maximum absolute atomic E-state index is 5.10. The second-order valence-electron chi connectivity index (χ2n) is 6.90. The Bertz CT molecular complexity index is 1280. The van der Waals surface area contributed by atoms with Crippen LogP contribution in [0.3, 0.4) is 0 Å². The molecule has 0 amide bonds. The zero-order chi connectivity index (χ0) is 18.4. The van der Waals surface area contributed by atoms with Crippen LogP contribution < -0.4 is 0 Å². The molecule has 0 fully saturated rings. The summed E-state index contributed by atoms with van der Waals surface area (Å²) >= 11 is 1.84. The molecule has 0 N–H and O–H groups in total. The quantitative estimate of drug-likeness (QED) is 0.317. The minimum absolute atomic E-state index is 1.05. The molecule has 2 heterocycles. The molecule has 0 aliphatic carbocycles. The molecule has 0 atom stereocenters. The molecule has 27 heavy (non-hydrogen) atoms. The highest BCUT2D eigenvalue weighted by molar-refractivity contribution is 7.22. The standard InChI is InChI=1S/C25H19NS/c1-16-19-12-7-9-15-22(19)27-25(16)24-17(2)23(18-10-4-3-5-11-18)20-13-6-8-14-21(20)26-24/h3-15H,1-2H3. The van der Waals surface area contributed by atoms with Gasteiger partial charge in [-0.25, -0.2) is 4.98 Å². The Morgan fingerprint density at radius 1 is 0.667 bits per heavy atom. The Morgan fingerprint density at radius 2 is 1.33 bits per heavy atom. The third-order valence-electron chi connectivity index (χ3n) is 5.26. The molecular weight excluding hydrogens is 346 g/mol. The summed E-state index contributed by atoms with van der Waals surface area (Å²) in [6.45, 7) is 4.42. The summed E-state index contributed by atoms with van der Waals surface area (Å²) in [7, 11) is 0. The Balaban J connectivity index is 1.88. The smallest absolute Gasteiger partial charge is 0.0847 e. The van der Waals surface area contributed by atoms with Crippen LogP contribution in [0, 0.1) is 13.8 Å². The van der Waals surface area contributed by atoms with Crippen LogP contribution in [0.5, 0.6) is 0 Å². The lowest BCUT2D eigenvalue weighted by Gasteiger charge is -2.15. The highest BCUT2D eigenvalue weighted by atomic mass is 32.1. The van der Waals surface area contributed by atoms with Gasteiger partial charge < -0.3 is 0 Å². The van der Waals surface area contributed by atoms with Crippen molar-refractivity contribution in [3.63, 3.8) is 0 Å². The third kappa shape index (κ3) is 2.56. The molecule has 5 rings (SSSR count). The number of aromatic nitrogens is 1. The molecule has 0 bridgehead atoms. The van der Waals surface area contributed by atoms with Gasteiger partial charge in [0.2, 0.25) is 0 Å². The normalized spacial score (nSPS) is 11.3. The van der Waals surface area contributed by atoms with Gasteiger partial charge in [0, 0.05) is 10.1 Å². The van der Waals surface area contributed by atoms with E-state index in [1.807, 2.05) is 11.3 Å². The van der Waals surface area contributed by atoms with E-state index in [1.165, 1.54) is 42.6 Å². The van der Waals surface area contributed by atoms with Crippen LogP contribution in [-0.2, 0) is 0 Å². The van der Waals surface area contributed by atoms with Crippen LogP contribution >= 0.6 is 11.3 Å². The van der Waals surface area contributed by atoms with Crippen molar-refractivity contribution in [2.45, 2.75) is 13.8 Å². The number of benzene rings is 3. The number of nitrogens with zero attached hydrogens (tertiary/aromatic N) is 1. The highest BCUT2D eigenvalue weighted by Gasteiger charge is 2.18. The highest BCUT2D eigenvalue weighted by Crippen LogP contribution is 2.42. The number of para-hydroxylation sites is 1. The summed E-state index contributed by atoms with van der Waals surface area (Å²) in [4.78, 5) is 6.37. The Labute approximate surface area is 162 Å². The first kappa shape index (κ1) is 16.2. The van der Waals surface area contributed by atoms with Gasteiger partial charge in [0.05, 0.1) is 16.1 Å². The molecule has 1 nitrogen and oxygen atoms in total. The predicted molar refractivity (Wildman–Crippen MR) is 117 cm³/mol. The minimum Gasteiger partial charge on any atom is -0.247 e. The maximum atomic E-state index is 5.10. The van der Waals surface area contributed by atoms with Crippen LogP contribution in [0.2, 0.25) is 0 Å². The molecule has 0 aliphatic rings. The van der Waals surface area contributed by atoms with Crippen molar-refractivity contribution < 1.29 is 0 Å². The zero-order valence-corrected chi connectivity index (χ0v) is 16.2. The summed E-state index contributed by atoms with van der Waals surface area (Å²) < 4.78 is 1.32. The van der Waals surface area contributed by atoms with Crippen LogP contribution in [0.4, 0.5) is 0 Å². The number of hydrogen-bond acceptors (Lipinski definition) is 2. The Kier molecular flexibility index (Phi) is 3.80. The van der Waals surface area contributed by atoms with Gasteiger partial charge >= 0.3 is 0 Å². The zero-order valence-electron chi connectivity index (χ0n) is 15.4. The number of thiophene rings is 1. The summed E-state index contributed by atoms with van der Waals surface area (Å²) in [6, 6.07) is 27.8. The van der Waals surface area contributed by atoms with Crippen LogP contribution in [0.25, 0.3) is 42.7 Å². The first-order chi connectivity index (χ1) is 13.2. The predicted octanol–water partition coefficient (Wildman–Crippen LogP) is 7.40. The number of aryl methyl sites for hydroxylation is 1. The van der Waals surface area contributed by atoms with Crippen molar-refractivity contribution in [1.82, 2.24) is 4.98 Å². The number of fused-ring (bicyclic) bond motifs is 2. The Morgan fingerprint density at radius 3 is 2.11 bits per heavy atom. The number of hydrogen-bond donors (Lipinski definition) is 0. The summed E-state index contributed by atoms with van der Waals surface area (Å²) in [6.07, 6.45) is 0. The fourth-order valence-electron chi connectivity index (χ4n) is 3.91. The van der Waals surface area contributed by atoms with Crippen molar-refractivity contribution in [1.29, 1.82) is 0 Å². The lowest BCUT2D eigenvalue weighted by atomic mass is 9.94. The third-order valence-corrected chi connectivity index (χ3v) is 6.54. The average Bonchev–Trinajstić information content (AvgIpc) is 3.05. The molecule has 5 aromatic rings. The average molecular weight is 366 g/mol. The van der Waals surface area contributed by atoms with E-state index in [4.69, 9.17) is 4.98 Å². The fraction of sp³-hybridized carbons (Fsp3) is 0.0800. The lowest BCUT2D eigenvalue weighted by molar-refractivity contribution is 1.33. The molecular formula is C25H19NS. The van der Waals surface area contributed by atoms with Gasteiger partial charge in [-0.1, -0.05) is 66.7 Å². The van der Waals surface area contributed by atoms with Crippen molar-refractivity contribution in [3.05, 3.63) is 90.0 Å². The number of rotatable bonds is 2. The second-order valence-corrected chi connectivity index (χ2v) is 7.95. The van der Waals surface area contributed by atoms with E-state index >= 15 is 0 Å². The van der Waals surface area contributed by atoms with Gasteiger partial charge in [0.1, 0.15) is 0 Å². The van der Waals surface area contributed by atoms with E-state index < -0.39 is 0 Å². The molecule has 0 aliphatic heterocycles. The van der Waals surface area contributed by atoms with Crippen molar-refractivity contribution in [3.8, 4) is 21.7 Å². The molecule has 0 radical (unpaired) electrons. The van der Waals surface area contributed by atoms with E-state index in [0.29, 0.717) is 0 Å². The van der Waals surface area contributed by atoms with Gasteiger partial charge in [-0.05, 0) is 53.6 Å². The van der Waals surface area contributed by atoms with E-state index in [2.05, 4.69) is 92.7 Å². The van der Waals surface area contributed by atoms with Gasteiger partial charge in [-0.15, -0.1) is 11.3 Å². The summed E-state index contributed by atoms with van der Waals surface area (Å²) in [5.74, 6) is 0. The second kappa shape index (κ2) is 6.33. The topological polar surface area (TPSA) is 12.9 Å². The van der Waals surface area contributed by atoms with Gasteiger partial charge in [-0.2, -0.15) is 0 Å². The molecule has 130 valence electrons. The van der Waals surface area contributed by atoms with Crippen LogP contribution in [0.1, 0.15) is 11.1 Å². The van der Waals surface area contributed by atoms with E-state index in [9.17, 15) is 0 Å². The molecule has 0 saturated carbocycles. The molecule has 0 saturated heterocycles. The fourth-order valence-corrected chi connectivity index (χ4v) is 5.16. The van der Waals surface area contributed by atoms with Crippen LogP contribution in [-0.4, -0.2) is 4.98 Å². The summed E-state index contributed by atoms with van der Waals surface area (Å²) in [5, 5.41) is 2.54. The SMILES string of the molecule is Cc1c(-c2sc3ccccc3c2C)nc2ccccc2c1-c1ccccc1. The van der Waals surface area contributed by atoms with Crippen LogP contribution in [0.15, 0.2) is 78.9 Å². The molecule has 0 unspecified atom stereocenters. The minimum atomic E-state index is 1.05. The Hall–Kier alpha value is -2.97. The first-order valence-corrected chi connectivity index (χ1v) is 9.99. The largest absolute Gasteiger partial charge is 0.247 e. The lowest BCUT2D eigenvalue weighted by Crippen LogP contribution is -1.95. The summed E-state index contributed by atoms with van der Waals surface area (Å²) in [5.41, 5.74) is 7.25. The van der Waals surface area contributed by atoms with E-state index in [0.717, 1.165) is 11.2 Å².